The van der Waals surface area contributed by atoms with Crippen LogP contribution in [0.2, 0.25) is 0 Å². The lowest BCUT2D eigenvalue weighted by atomic mass is 10.2. The zero-order valence-electron chi connectivity index (χ0n) is 12.9. The minimum Gasteiger partial charge on any atom is -0.354 e. The molecule has 0 amide bonds. The van der Waals surface area contributed by atoms with E-state index >= 15 is 0 Å². The molecule has 2 aliphatic heterocycles. The topological polar surface area (TPSA) is 57.2 Å². The van der Waals surface area contributed by atoms with Crippen LogP contribution < -0.4 is 15.1 Å². The van der Waals surface area contributed by atoms with Crippen LogP contribution in [0.4, 0.5) is 17.8 Å². The van der Waals surface area contributed by atoms with Crippen molar-refractivity contribution in [3.05, 3.63) is 0 Å². The molecule has 1 N–H and O–H groups in total. The number of nitrogens with zero attached hydrogens (tertiary/aromatic N) is 5. The van der Waals surface area contributed by atoms with Crippen LogP contribution in [0.3, 0.4) is 0 Å². The van der Waals surface area contributed by atoms with E-state index in [-0.39, 0.29) is 0 Å². The maximum Gasteiger partial charge on any atom is 0.231 e. The van der Waals surface area contributed by atoms with Gasteiger partial charge in [0.15, 0.2) is 0 Å². The first-order chi connectivity index (χ1) is 10.3. The lowest BCUT2D eigenvalue weighted by Crippen LogP contribution is -2.34. The van der Waals surface area contributed by atoms with Gasteiger partial charge in [-0.05, 0) is 31.9 Å². The van der Waals surface area contributed by atoms with E-state index in [1.54, 1.807) is 0 Å². The van der Waals surface area contributed by atoms with Crippen LogP contribution in [0.25, 0.3) is 0 Å². The second-order valence-corrected chi connectivity index (χ2v) is 6.76. The first-order valence-corrected chi connectivity index (χ1v) is 8.99. The highest BCUT2D eigenvalue weighted by molar-refractivity contribution is 7.99. The zero-order chi connectivity index (χ0) is 14.7. The molecule has 3 rings (SSSR count). The van der Waals surface area contributed by atoms with Crippen molar-refractivity contribution >= 4 is 29.6 Å². The van der Waals surface area contributed by atoms with Crippen molar-refractivity contribution in [2.75, 3.05) is 53.3 Å². The molecular formula is C14H24N6S. The average molecular weight is 308 g/mol. The van der Waals surface area contributed by atoms with Crippen LogP contribution in [-0.4, -0.2) is 59.2 Å². The van der Waals surface area contributed by atoms with Gasteiger partial charge in [0.25, 0.3) is 0 Å². The quantitative estimate of drug-likeness (QED) is 0.890. The molecule has 0 spiro atoms. The first-order valence-electron chi connectivity index (χ1n) is 7.83. The van der Waals surface area contributed by atoms with Gasteiger partial charge in [0, 0.05) is 38.5 Å². The number of thioether (sulfide) groups is 1. The Balaban J connectivity index is 1.86. The van der Waals surface area contributed by atoms with Crippen LogP contribution in [0.15, 0.2) is 0 Å². The van der Waals surface area contributed by atoms with E-state index < -0.39 is 0 Å². The summed E-state index contributed by atoms with van der Waals surface area (Å²) in [5.74, 6) is 4.72. The fraction of sp³-hybridized carbons (Fsp3) is 0.786. The molecule has 0 bridgehead atoms. The van der Waals surface area contributed by atoms with E-state index in [0.717, 1.165) is 37.3 Å². The predicted octanol–water partition coefficient (Wildman–Crippen LogP) is 1.85. The minimum absolute atomic E-state index is 0.540. The molecule has 0 radical (unpaired) electrons. The van der Waals surface area contributed by atoms with Crippen molar-refractivity contribution in [3.63, 3.8) is 0 Å². The second kappa shape index (κ2) is 6.68. The molecule has 3 heterocycles. The Hall–Kier alpha value is -1.24. The largest absolute Gasteiger partial charge is 0.354 e. The van der Waals surface area contributed by atoms with Gasteiger partial charge >= 0.3 is 0 Å². The maximum atomic E-state index is 4.72. The molecule has 0 aromatic carbocycles. The van der Waals surface area contributed by atoms with Crippen LogP contribution in [0.5, 0.6) is 0 Å². The summed E-state index contributed by atoms with van der Waals surface area (Å²) in [6, 6.07) is 0.540. The van der Waals surface area contributed by atoms with Gasteiger partial charge in [-0.3, -0.25) is 0 Å². The molecule has 1 aromatic heterocycles. The summed E-state index contributed by atoms with van der Waals surface area (Å²) >= 11 is 2.01. The standard InChI is InChI=1S/C14H24N6S/c1-3-15-12-16-13(19(2)11-6-9-21-10-11)18-14(17-12)20-7-4-5-8-20/h11H,3-10H2,1-2H3,(H,15,16,17,18). The van der Waals surface area contributed by atoms with Crippen molar-refractivity contribution in [1.29, 1.82) is 0 Å². The van der Waals surface area contributed by atoms with Crippen LogP contribution in [-0.2, 0) is 0 Å². The van der Waals surface area contributed by atoms with Gasteiger partial charge in [-0.15, -0.1) is 0 Å². The third-order valence-corrected chi connectivity index (χ3v) is 5.25. The summed E-state index contributed by atoms with van der Waals surface area (Å²) in [5, 5.41) is 3.24. The number of anilines is 3. The van der Waals surface area contributed by atoms with Crippen molar-refractivity contribution in [3.8, 4) is 0 Å². The normalized spacial score (nSPS) is 21.8. The molecule has 0 saturated carbocycles. The van der Waals surface area contributed by atoms with Gasteiger partial charge in [0.1, 0.15) is 0 Å². The monoisotopic (exact) mass is 308 g/mol. The molecule has 2 saturated heterocycles. The second-order valence-electron chi connectivity index (χ2n) is 5.61. The predicted molar refractivity (Wildman–Crippen MR) is 89.6 cm³/mol. The van der Waals surface area contributed by atoms with Gasteiger partial charge < -0.3 is 15.1 Å². The number of hydrogen-bond acceptors (Lipinski definition) is 7. The van der Waals surface area contributed by atoms with Crippen LogP contribution >= 0.6 is 11.8 Å². The van der Waals surface area contributed by atoms with Gasteiger partial charge in [-0.1, -0.05) is 0 Å². The third-order valence-electron chi connectivity index (χ3n) is 4.10. The molecule has 6 nitrogen and oxygen atoms in total. The maximum absolute atomic E-state index is 4.72. The van der Waals surface area contributed by atoms with E-state index in [1.807, 2.05) is 11.8 Å². The molecule has 2 aliphatic rings. The Bertz CT molecular complexity index is 471. The first kappa shape index (κ1) is 14.7. The van der Waals surface area contributed by atoms with Crippen LogP contribution in [0, 0.1) is 0 Å². The molecule has 21 heavy (non-hydrogen) atoms. The van der Waals surface area contributed by atoms with E-state index in [1.165, 1.54) is 25.0 Å². The average Bonchev–Trinajstić information content (AvgIpc) is 3.19. The highest BCUT2D eigenvalue weighted by Gasteiger charge is 2.24. The van der Waals surface area contributed by atoms with E-state index in [0.29, 0.717) is 12.0 Å². The lowest BCUT2D eigenvalue weighted by Gasteiger charge is -2.25. The van der Waals surface area contributed by atoms with E-state index in [2.05, 4.69) is 39.1 Å². The number of aromatic nitrogens is 3. The summed E-state index contributed by atoms with van der Waals surface area (Å²) in [4.78, 5) is 18.4. The number of nitrogens with one attached hydrogen (secondary N) is 1. The van der Waals surface area contributed by atoms with E-state index in [4.69, 9.17) is 4.98 Å². The molecule has 1 aromatic rings. The summed E-state index contributed by atoms with van der Waals surface area (Å²) in [6.07, 6.45) is 3.67. The Morgan fingerprint density at radius 2 is 2.10 bits per heavy atom. The SMILES string of the molecule is CCNc1nc(N2CCCC2)nc(N(C)C2CCSC2)n1. The number of hydrogen-bond donors (Lipinski definition) is 1. The highest BCUT2D eigenvalue weighted by Crippen LogP contribution is 2.26. The fourth-order valence-corrected chi connectivity index (χ4v) is 4.07. The third kappa shape index (κ3) is 3.33. The van der Waals surface area contributed by atoms with Crippen LogP contribution in [0.1, 0.15) is 26.2 Å². The zero-order valence-corrected chi connectivity index (χ0v) is 13.7. The summed E-state index contributed by atoms with van der Waals surface area (Å²) in [7, 11) is 2.11. The molecule has 1 atom stereocenters. The molecule has 1 unspecified atom stereocenters. The minimum atomic E-state index is 0.540. The van der Waals surface area contributed by atoms with Crippen molar-refractivity contribution in [2.45, 2.75) is 32.2 Å². The fourth-order valence-electron chi connectivity index (χ4n) is 2.80. The Morgan fingerprint density at radius 1 is 1.29 bits per heavy atom. The summed E-state index contributed by atoms with van der Waals surface area (Å²) < 4.78 is 0. The van der Waals surface area contributed by atoms with Gasteiger partial charge in [0.05, 0.1) is 0 Å². The highest BCUT2D eigenvalue weighted by atomic mass is 32.2. The van der Waals surface area contributed by atoms with E-state index in [9.17, 15) is 0 Å². The molecule has 116 valence electrons. The van der Waals surface area contributed by atoms with Crippen molar-refractivity contribution < 1.29 is 0 Å². The lowest BCUT2D eigenvalue weighted by molar-refractivity contribution is 0.677. The van der Waals surface area contributed by atoms with Gasteiger partial charge in [0.2, 0.25) is 17.8 Å². The number of rotatable bonds is 5. The van der Waals surface area contributed by atoms with Crippen molar-refractivity contribution in [1.82, 2.24) is 15.0 Å². The molecule has 7 heteroatoms. The molecular weight excluding hydrogens is 284 g/mol. The Kier molecular flexibility index (Phi) is 4.67. The van der Waals surface area contributed by atoms with Gasteiger partial charge in [-0.25, -0.2) is 0 Å². The van der Waals surface area contributed by atoms with Gasteiger partial charge in [-0.2, -0.15) is 26.7 Å². The Labute approximate surface area is 130 Å². The van der Waals surface area contributed by atoms with Crippen molar-refractivity contribution in [2.24, 2.45) is 0 Å². The Morgan fingerprint density at radius 3 is 2.76 bits per heavy atom. The summed E-state index contributed by atoms with van der Waals surface area (Å²) in [5.41, 5.74) is 0. The molecule has 0 aliphatic carbocycles. The smallest absolute Gasteiger partial charge is 0.231 e. The molecule has 2 fully saturated rings. The summed E-state index contributed by atoms with van der Waals surface area (Å²) in [6.45, 7) is 5.00.